The summed E-state index contributed by atoms with van der Waals surface area (Å²) < 4.78 is 17.4. The van der Waals surface area contributed by atoms with Crippen LogP contribution in [0.4, 0.5) is 20.7 Å². The van der Waals surface area contributed by atoms with Crippen LogP contribution in [0.1, 0.15) is 36.6 Å². The van der Waals surface area contributed by atoms with Crippen molar-refractivity contribution in [3.05, 3.63) is 58.9 Å². The molecule has 0 atom stereocenters. The van der Waals surface area contributed by atoms with Gasteiger partial charge in [-0.15, -0.1) is 11.3 Å². The summed E-state index contributed by atoms with van der Waals surface area (Å²) in [7, 11) is 2.19. The molecule has 1 aliphatic heterocycles. The maximum Gasteiger partial charge on any atom is 0.319 e. The van der Waals surface area contributed by atoms with E-state index < -0.39 is 11.8 Å². The number of nitrogen functional groups attached to an aromatic ring is 1. The smallest absolute Gasteiger partial charge is 0.319 e. The third kappa shape index (κ3) is 6.07. The number of hydrogen-bond donors (Lipinski definition) is 3. The molecule has 4 N–H and O–H groups in total. The number of nitrogens with one attached hydrogen (secondary N) is 2. The molecule has 0 unspecified atom stereocenters. The number of likely N-dealkylation sites (N-methyl/N-ethyl adjacent to an activating group) is 1. The highest BCUT2D eigenvalue weighted by Gasteiger charge is 2.30. The van der Waals surface area contributed by atoms with Gasteiger partial charge in [0.25, 0.3) is 0 Å². The summed E-state index contributed by atoms with van der Waals surface area (Å²) in [5.74, 6) is -0.137. The molecule has 4 heterocycles. The van der Waals surface area contributed by atoms with Crippen LogP contribution in [0.2, 0.25) is 0 Å². The Morgan fingerprint density at radius 1 is 1.10 bits per heavy atom. The molecule has 6 rings (SSSR count). The van der Waals surface area contributed by atoms with Gasteiger partial charge in [-0.2, -0.15) is 0 Å². The van der Waals surface area contributed by atoms with Crippen LogP contribution < -0.4 is 16.4 Å². The van der Waals surface area contributed by atoms with E-state index in [2.05, 4.69) is 48.2 Å². The van der Waals surface area contributed by atoms with Gasteiger partial charge in [-0.05, 0) is 68.3 Å². The largest absolute Gasteiger partial charge is 0.383 e. The summed E-state index contributed by atoms with van der Waals surface area (Å²) in [5, 5.41) is 8.15. The Balaban J connectivity index is 1.17. The van der Waals surface area contributed by atoms with Crippen molar-refractivity contribution in [1.29, 1.82) is 0 Å². The van der Waals surface area contributed by atoms with Crippen LogP contribution in [0, 0.1) is 5.82 Å². The van der Waals surface area contributed by atoms with E-state index in [9.17, 15) is 4.79 Å². The summed E-state index contributed by atoms with van der Waals surface area (Å²) in [5.41, 5.74) is 8.72. The third-order valence-corrected chi connectivity index (χ3v) is 9.45. The fraction of sp³-hybridized carbons (Fsp3) is 0.433. The zero-order valence-electron chi connectivity index (χ0n) is 23.4. The van der Waals surface area contributed by atoms with Crippen LogP contribution in [0.15, 0.2) is 48.2 Å². The molecular weight excluding hydrogens is 539 g/mol. The summed E-state index contributed by atoms with van der Waals surface area (Å²) in [6.45, 7) is 5.01. The topological polar surface area (TPSA) is 104 Å². The average Bonchev–Trinajstić information content (AvgIpc) is 3.64. The number of thiophene rings is 1. The van der Waals surface area contributed by atoms with Gasteiger partial charge < -0.3 is 25.8 Å². The van der Waals surface area contributed by atoms with Crippen molar-refractivity contribution < 1.29 is 9.18 Å². The molecule has 1 aliphatic carbocycles. The second kappa shape index (κ2) is 12.1. The Morgan fingerprint density at radius 3 is 2.61 bits per heavy atom. The van der Waals surface area contributed by atoms with Crippen molar-refractivity contribution in [2.45, 2.75) is 44.2 Å². The Hall–Kier alpha value is -3.54. The van der Waals surface area contributed by atoms with Crippen LogP contribution in [-0.2, 0) is 6.42 Å². The van der Waals surface area contributed by atoms with Crippen LogP contribution in [0.3, 0.4) is 0 Å². The van der Waals surface area contributed by atoms with Crippen molar-refractivity contribution in [2.75, 3.05) is 50.8 Å². The number of halogens is 1. The van der Waals surface area contributed by atoms with Crippen molar-refractivity contribution in [2.24, 2.45) is 0 Å². The fourth-order valence-electron chi connectivity index (χ4n) is 6.20. The summed E-state index contributed by atoms with van der Waals surface area (Å²) in [4.78, 5) is 27.4. The number of amides is 2. The van der Waals surface area contributed by atoms with Gasteiger partial charge >= 0.3 is 6.03 Å². The molecule has 216 valence electrons. The maximum absolute atomic E-state index is 15.2. The van der Waals surface area contributed by atoms with E-state index in [1.54, 1.807) is 23.5 Å². The number of piperazine rings is 1. The van der Waals surface area contributed by atoms with Crippen molar-refractivity contribution >= 4 is 39.9 Å². The Bertz CT molecular complexity index is 1490. The number of anilines is 2. The van der Waals surface area contributed by atoms with Crippen LogP contribution in [0.25, 0.3) is 22.2 Å². The molecule has 0 spiro atoms. The highest BCUT2D eigenvalue weighted by atomic mass is 32.1. The predicted octanol–water partition coefficient (Wildman–Crippen LogP) is 4.98. The number of urea groups is 1. The number of aromatic nitrogens is 3. The Kier molecular flexibility index (Phi) is 8.18. The standard InChI is InChI=1S/C30H37FN8OS/c1-37-12-14-38(15-13-37)21-5-7-22(8-6-21)39-18-24(27-28(32)34-19-35-29(27)39)20-4-9-26(25(31)17-20)36-30(40)33-11-10-23-3-2-16-41-23/h2-4,9,16-19,21-22H,5-8,10-15H2,1H3,(H2,32,34,35)(H2,33,36,40)/t21-,22+. The molecule has 11 heteroatoms. The zero-order chi connectivity index (χ0) is 28.3. The summed E-state index contributed by atoms with van der Waals surface area (Å²) in [6.07, 6.45) is 8.69. The second-order valence-electron chi connectivity index (χ2n) is 11.1. The Labute approximate surface area is 243 Å². The molecule has 1 saturated heterocycles. The molecule has 2 aliphatic rings. The Morgan fingerprint density at radius 2 is 1.88 bits per heavy atom. The highest BCUT2D eigenvalue weighted by Crippen LogP contribution is 2.39. The lowest BCUT2D eigenvalue weighted by molar-refractivity contribution is 0.0828. The molecule has 4 aromatic rings. The van der Waals surface area contributed by atoms with Gasteiger partial charge in [-0.3, -0.25) is 4.90 Å². The minimum atomic E-state index is -0.514. The molecule has 2 fully saturated rings. The van der Waals surface area contributed by atoms with Gasteiger partial charge in [-0.1, -0.05) is 12.1 Å². The lowest BCUT2D eigenvalue weighted by Crippen LogP contribution is -2.49. The van der Waals surface area contributed by atoms with Crippen molar-refractivity contribution in [3.8, 4) is 11.1 Å². The van der Waals surface area contributed by atoms with E-state index in [-0.39, 0.29) is 5.69 Å². The number of rotatable bonds is 7. The van der Waals surface area contributed by atoms with Crippen LogP contribution in [-0.4, -0.2) is 76.2 Å². The number of nitrogens with zero attached hydrogens (tertiary/aromatic N) is 5. The third-order valence-electron chi connectivity index (χ3n) is 8.52. The van der Waals surface area contributed by atoms with Crippen molar-refractivity contribution in [3.63, 3.8) is 0 Å². The highest BCUT2D eigenvalue weighted by molar-refractivity contribution is 7.09. The molecule has 1 saturated carbocycles. The lowest BCUT2D eigenvalue weighted by atomic mass is 9.89. The molecule has 0 bridgehead atoms. The number of fused-ring (bicyclic) bond motifs is 1. The minimum absolute atomic E-state index is 0.123. The fourth-order valence-corrected chi connectivity index (χ4v) is 6.91. The van der Waals surface area contributed by atoms with Gasteiger partial charge in [0, 0.05) is 61.4 Å². The number of benzene rings is 1. The quantitative estimate of drug-likeness (QED) is 0.287. The van der Waals surface area contributed by atoms with E-state index in [0.717, 1.165) is 74.9 Å². The van der Waals surface area contributed by atoms with E-state index in [0.29, 0.717) is 30.0 Å². The molecular formula is C30H37FN8OS. The van der Waals surface area contributed by atoms with Crippen LogP contribution in [0.5, 0.6) is 0 Å². The van der Waals surface area contributed by atoms with Gasteiger partial charge in [-0.25, -0.2) is 19.2 Å². The first-order valence-electron chi connectivity index (χ1n) is 14.4. The van der Waals surface area contributed by atoms with Gasteiger partial charge in [0.1, 0.15) is 23.6 Å². The van der Waals surface area contributed by atoms with Gasteiger partial charge in [0.05, 0.1) is 11.1 Å². The normalized spacial score (nSPS) is 20.3. The van der Waals surface area contributed by atoms with E-state index >= 15 is 4.39 Å². The SMILES string of the molecule is CN1CCN([C@H]2CC[C@@H](n3cc(-c4ccc(NC(=O)NCCc5cccs5)c(F)c4)c4c(N)ncnc43)CC2)CC1. The summed E-state index contributed by atoms with van der Waals surface area (Å²) >= 11 is 1.64. The number of carbonyl (C=O) groups is 1. The lowest BCUT2D eigenvalue weighted by Gasteiger charge is -2.41. The monoisotopic (exact) mass is 576 g/mol. The predicted molar refractivity (Wildman–Crippen MR) is 163 cm³/mol. The van der Waals surface area contributed by atoms with Crippen LogP contribution >= 0.6 is 11.3 Å². The maximum atomic E-state index is 15.2. The molecule has 9 nitrogen and oxygen atoms in total. The number of nitrogens with two attached hydrogens (primary N) is 1. The summed E-state index contributed by atoms with van der Waals surface area (Å²) in [6, 6.07) is 9.33. The number of hydrogen-bond acceptors (Lipinski definition) is 7. The second-order valence-corrected chi connectivity index (χ2v) is 12.1. The van der Waals surface area contributed by atoms with E-state index in [4.69, 9.17) is 5.73 Å². The first kappa shape index (κ1) is 27.6. The number of carbonyl (C=O) groups excluding carboxylic acids is 1. The molecule has 41 heavy (non-hydrogen) atoms. The van der Waals surface area contributed by atoms with Crippen molar-refractivity contribution in [1.82, 2.24) is 29.7 Å². The molecule has 3 aromatic heterocycles. The van der Waals surface area contributed by atoms with Gasteiger partial charge in [0.15, 0.2) is 0 Å². The molecule has 1 aromatic carbocycles. The van der Waals surface area contributed by atoms with E-state index in [1.807, 2.05) is 17.5 Å². The van der Waals surface area contributed by atoms with Gasteiger partial charge in [0.2, 0.25) is 0 Å². The average molecular weight is 577 g/mol. The molecule has 2 amide bonds. The zero-order valence-corrected chi connectivity index (χ0v) is 24.2. The first-order chi connectivity index (χ1) is 20.0. The van der Waals surface area contributed by atoms with E-state index in [1.165, 1.54) is 17.3 Å². The minimum Gasteiger partial charge on any atom is -0.383 e. The molecule has 0 radical (unpaired) electrons. The first-order valence-corrected chi connectivity index (χ1v) is 15.2.